The second-order valence-corrected chi connectivity index (χ2v) is 3.07. The molecule has 3 rings (SSSR count). The van der Waals surface area contributed by atoms with Crippen molar-refractivity contribution in [1.82, 2.24) is 9.56 Å². The molecule has 0 unspecified atom stereocenters. The maximum Gasteiger partial charge on any atom is 0.542 e. The van der Waals surface area contributed by atoms with Gasteiger partial charge in [0.05, 0.1) is 5.52 Å². The van der Waals surface area contributed by atoms with Crippen LogP contribution in [-0.4, -0.2) is 9.56 Å². The van der Waals surface area contributed by atoms with Crippen LogP contribution in [0, 0.1) is 6.92 Å². The average Bonchev–Trinajstić information content (AvgIpc) is 2.63. The minimum absolute atomic E-state index is 0.194. The first-order valence-corrected chi connectivity index (χ1v) is 4.14. The lowest BCUT2D eigenvalue weighted by molar-refractivity contribution is 0.314. The number of benzene rings is 1. The van der Waals surface area contributed by atoms with Crippen molar-refractivity contribution in [3.8, 4) is 0 Å². The third kappa shape index (κ3) is 0.783. The van der Waals surface area contributed by atoms with Gasteiger partial charge in [-0.25, -0.2) is 4.79 Å². The van der Waals surface area contributed by atoms with Crippen molar-refractivity contribution >= 4 is 16.9 Å². The molecule has 1 aromatic carbocycles. The first-order chi connectivity index (χ1) is 6.75. The predicted molar refractivity (Wildman–Crippen MR) is 48.2 cm³/mol. The molecule has 3 aromatic rings. The summed E-state index contributed by atoms with van der Waals surface area (Å²) in [6.07, 6.45) is 0. The summed E-state index contributed by atoms with van der Waals surface area (Å²) in [5.74, 6) is -0.546. The molecule has 0 radical (unpaired) electrons. The van der Waals surface area contributed by atoms with E-state index in [2.05, 4.69) is 4.98 Å². The van der Waals surface area contributed by atoms with Crippen molar-refractivity contribution in [3.63, 3.8) is 0 Å². The van der Waals surface area contributed by atoms with Crippen molar-refractivity contribution in [2.45, 2.75) is 6.92 Å². The summed E-state index contributed by atoms with van der Waals surface area (Å²) in [6, 6.07) is 5.63. The van der Waals surface area contributed by atoms with Crippen LogP contribution < -0.4 is 5.82 Å². The van der Waals surface area contributed by atoms with Crippen LogP contribution in [0.4, 0.5) is 0 Å². The van der Waals surface area contributed by atoms with Crippen LogP contribution in [0.3, 0.4) is 0 Å². The fourth-order valence-corrected chi connectivity index (χ4v) is 1.52. The van der Waals surface area contributed by atoms with E-state index in [9.17, 15) is 4.79 Å². The quantitative estimate of drug-likeness (QED) is 0.536. The van der Waals surface area contributed by atoms with E-state index in [4.69, 9.17) is 8.94 Å². The number of nitrogens with zero attached hydrogens (tertiary/aromatic N) is 2. The van der Waals surface area contributed by atoms with Crippen molar-refractivity contribution in [2.75, 3.05) is 0 Å². The molecular formula is C9H6N2O3. The highest BCUT2D eigenvalue weighted by Crippen LogP contribution is 2.18. The minimum Gasteiger partial charge on any atom is -0.355 e. The Hall–Kier alpha value is -2.04. The molecule has 0 saturated carbocycles. The Morgan fingerprint density at radius 2 is 2.29 bits per heavy atom. The number of para-hydroxylation sites is 1. The summed E-state index contributed by atoms with van der Waals surface area (Å²) >= 11 is 0. The molecule has 5 heteroatoms. The molecular weight excluding hydrogens is 184 g/mol. The van der Waals surface area contributed by atoms with E-state index in [0.717, 1.165) is 16.6 Å². The lowest BCUT2D eigenvalue weighted by Crippen LogP contribution is -1.88. The van der Waals surface area contributed by atoms with Crippen LogP contribution in [0.1, 0.15) is 5.56 Å². The van der Waals surface area contributed by atoms with Gasteiger partial charge in [-0.05, 0) is 18.6 Å². The van der Waals surface area contributed by atoms with Crippen LogP contribution in [-0.2, 0) is 0 Å². The second-order valence-electron chi connectivity index (χ2n) is 3.07. The molecule has 0 fully saturated rings. The normalized spacial score (nSPS) is 11.5. The van der Waals surface area contributed by atoms with Crippen molar-refractivity contribution in [3.05, 3.63) is 34.4 Å². The van der Waals surface area contributed by atoms with Gasteiger partial charge < -0.3 is 4.42 Å². The Bertz CT molecular complexity index is 674. The van der Waals surface area contributed by atoms with Crippen molar-refractivity contribution < 1.29 is 8.94 Å². The van der Waals surface area contributed by atoms with Gasteiger partial charge in [-0.15, -0.1) is 4.57 Å². The number of fused-ring (bicyclic) bond motifs is 3. The number of hydrogen-bond acceptors (Lipinski definition) is 4. The summed E-state index contributed by atoms with van der Waals surface area (Å²) in [5, 5.41) is 0. The second kappa shape index (κ2) is 2.25. The maximum absolute atomic E-state index is 10.8. The van der Waals surface area contributed by atoms with Crippen LogP contribution in [0.5, 0.6) is 0 Å². The molecule has 0 amide bonds. The number of hydrogen-bond donors (Lipinski definition) is 0. The summed E-state index contributed by atoms with van der Waals surface area (Å²) in [7, 11) is 0. The highest BCUT2D eigenvalue weighted by Gasteiger charge is 2.11. The predicted octanol–water partition coefficient (Wildman–Crippen LogP) is 1.34. The van der Waals surface area contributed by atoms with Crippen LogP contribution in [0.25, 0.3) is 16.9 Å². The molecule has 2 heterocycles. The highest BCUT2D eigenvalue weighted by molar-refractivity contribution is 5.81. The van der Waals surface area contributed by atoms with Gasteiger partial charge >= 0.3 is 11.7 Å². The molecule has 0 aliphatic heterocycles. The minimum atomic E-state index is -0.740. The Kier molecular flexibility index (Phi) is 1.19. The topological polar surface area (TPSA) is 60.7 Å². The first kappa shape index (κ1) is 7.37. The van der Waals surface area contributed by atoms with Crippen LogP contribution in [0.15, 0.2) is 31.9 Å². The van der Waals surface area contributed by atoms with E-state index < -0.39 is 5.82 Å². The Balaban J connectivity index is 2.65. The van der Waals surface area contributed by atoms with Gasteiger partial charge in [-0.3, -0.25) is 4.52 Å². The zero-order valence-electron chi connectivity index (χ0n) is 7.35. The Morgan fingerprint density at radius 3 is 3.14 bits per heavy atom. The third-order valence-electron chi connectivity index (χ3n) is 2.16. The average molecular weight is 190 g/mol. The van der Waals surface area contributed by atoms with Crippen molar-refractivity contribution in [1.29, 1.82) is 0 Å². The van der Waals surface area contributed by atoms with Gasteiger partial charge in [0.25, 0.3) is 0 Å². The summed E-state index contributed by atoms with van der Waals surface area (Å²) < 4.78 is 10.8. The monoisotopic (exact) mass is 190 g/mol. The zero-order chi connectivity index (χ0) is 9.71. The Labute approximate surface area is 77.5 Å². The fourth-order valence-electron chi connectivity index (χ4n) is 1.52. The molecule has 0 aliphatic rings. The largest absolute Gasteiger partial charge is 0.542 e. The van der Waals surface area contributed by atoms with Gasteiger partial charge in [-0.2, -0.15) is 4.98 Å². The molecule has 0 bridgehead atoms. The molecule has 14 heavy (non-hydrogen) atoms. The maximum atomic E-state index is 10.8. The van der Waals surface area contributed by atoms with Gasteiger partial charge in [0, 0.05) is 0 Å². The van der Waals surface area contributed by atoms with Gasteiger partial charge in [0.15, 0.2) is 0 Å². The third-order valence-corrected chi connectivity index (χ3v) is 2.16. The lowest BCUT2D eigenvalue weighted by Gasteiger charge is -1.90. The lowest BCUT2D eigenvalue weighted by atomic mass is 10.2. The van der Waals surface area contributed by atoms with Gasteiger partial charge in [0.1, 0.15) is 5.52 Å². The summed E-state index contributed by atoms with van der Waals surface area (Å²) in [5.41, 5.74) is 2.55. The van der Waals surface area contributed by atoms with E-state index in [1.165, 1.54) is 4.57 Å². The van der Waals surface area contributed by atoms with E-state index >= 15 is 0 Å². The number of aryl methyl sites for hydroxylation is 1. The van der Waals surface area contributed by atoms with Gasteiger partial charge in [0.2, 0.25) is 0 Å². The molecule has 70 valence electrons. The SMILES string of the molecule is Cc1cccc2c1nc1oc(=O)on12. The molecule has 0 atom stereocenters. The molecule has 0 aliphatic carbocycles. The van der Waals surface area contributed by atoms with E-state index in [-0.39, 0.29) is 5.84 Å². The number of imidazole rings is 1. The van der Waals surface area contributed by atoms with Gasteiger partial charge in [-0.1, -0.05) is 12.1 Å². The smallest absolute Gasteiger partial charge is 0.355 e. The molecule has 0 N–H and O–H groups in total. The number of aromatic nitrogens is 2. The number of rotatable bonds is 0. The van der Waals surface area contributed by atoms with E-state index in [0.29, 0.717) is 0 Å². The zero-order valence-corrected chi connectivity index (χ0v) is 7.35. The first-order valence-electron chi connectivity index (χ1n) is 4.14. The summed E-state index contributed by atoms with van der Waals surface area (Å²) in [6.45, 7) is 1.94. The van der Waals surface area contributed by atoms with Crippen LogP contribution in [0.2, 0.25) is 0 Å². The van der Waals surface area contributed by atoms with E-state index in [1.807, 2.05) is 25.1 Å². The molecule has 0 saturated heterocycles. The standard InChI is InChI=1S/C9H6N2O3/c1-5-3-2-4-6-7(5)10-8-11(6)14-9(12)13-8/h2-4H,1H3. The Morgan fingerprint density at radius 1 is 1.43 bits per heavy atom. The highest BCUT2D eigenvalue weighted by atomic mass is 16.6. The fraction of sp³-hybridized carbons (Fsp3) is 0.111. The summed E-state index contributed by atoms with van der Waals surface area (Å²) in [4.78, 5) is 14.9. The van der Waals surface area contributed by atoms with Crippen LogP contribution >= 0.6 is 0 Å². The molecule has 0 spiro atoms. The van der Waals surface area contributed by atoms with E-state index in [1.54, 1.807) is 0 Å². The molecule has 5 nitrogen and oxygen atoms in total. The van der Waals surface area contributed by atoms with Crippen molar-refractivity contribution in [2.24, 2.45) is 0 Å². The molecule has 2 aromatic heterocycles.